The quantitative estimate of drug-likeness (QED) is 0.144. The molecule has 0 saturated heterocycles. The van der Waals surface area contributed by atoms with Crippen LogP contribution in [-0.4, -0.2) is 22.4 Å². The smallest absolute Gasteiger partial charge is 0.305 e. The Kier molecular flexibility index (Phi) is 13.5. The highest BCUT2D eigenvalue weighted by Gasteiger charge is 2.11. The van der Waals surface area contributed by atoms with Gasteiger partial charge in [-0.05, 0) is 18.6 Å². The van der Waals surface area contributed by atoms with Gasteiger partial charge in [0.25, 0.3) is 0 Å². The molecule has 0 bridgehead atoms. The monoisotopic (exact) mass is 458 g/mol. The maximum Gasteiger partial charge on any atom is 0.305 e. The number of nitrogens with one attached hydrogen (secondary N) is 3. The van der Waals surface area contributed by atoms with E-state index in [1.54, 1.807) is 12.1 Å². The Morgan fingerprint density at radius 1 is 0.879 bits per heavy atom. The van der Waals surface area contributed by atoms with Crippen molar-refractivity contribution >= 4 is 23.2 Å². The van der Waals surface area contributed by atoms with Crippen LogP contribution in [0.5, 0.6) is 0 Å². The molecule has 8 nitrogen and oxygen atoms in total. The molecular formula is C25H42N6O2. The number of aromatic nitrogens is 2. The Morgan fingerprint density at radius 2 is 1.45 bits per heavy atom. The highest BCUT2D eigenvalue weighted by molar-refractivity contribution is 5.92. The fourth-order valence-corrected chi connectivity index (χ4v) is 3.75. The van der Waals surface area contributed by atoms with E-state index in [0.717, 1.165) is 13.0 Å². The van der Waals surface area contributed by atoms with E-state index in [0.29, 0.717) is 17.3 Å². The number of anilines is 3. The number of nitrogen functional groups attached to an aromatic ring is 1. The van der Waals surface area contributed by atoms with Crippen molar-refractivity contribution in [1.29, 1.82) is 0 Å². The van der Waals surface area contributed by atoms with E-state index < -0.39 is 5.91 Å². The maximum atomic E-state index is 11.9. The molecular weight excluding hydrogens is 416 g/mol. The molecule has 184 valence electrons. The normalized spacial score (nSPS) is 10.8. The SMILES string of the molecule is CCCCCCCCCCCCCCCCNc1ncnc(NNC(=O)c2ccco2)c1N. The standard InChI is InChI=1S/C25H42N6O2/c1-2-3-4-5-6-7-8-9-10-11-12-13-14-15-18-27-23-22(26)24(29-20-28-23)30-31-25(32)21-17-16-19-33-21/h16-17,19-20H,2-15,18,26H2,1H3,(H,31,32)(H2,27,28,29,30). The number of nitrogens with zero attached hydrogens (tertiary/aromatic N) is 2. The van der Waals surface area contributed by atoms with Crippen LogP contribution in [0.3, 0.4) is 0 Å². The topological polar surface area (TPSA) is 118 Å². The summed E-state index contributed by atoms with van der Waals surface area (Å²) < 4.78 is 5.05. The van der Waals surface area contributed by atoms with Gasteiger partial charge in [-0.2, -0.15) is 0 Å². The summed E-state index contributed by atoms with van der Waals surface area (Å²) in [5.41, 5.74) is 11.7. The molecule has 0 unspecified atom stereocenters. The molecule has 2 heterocycles. The summed E-state index contributed by atoms with van der Waals surface area (Å²) in [6.45, 7) is 3.07. The third-order valence-electron chi connectivity index (χ3n) is 5.75. The summed E-state index contributed by atoms with van der Waals surface area (Å²) in [5.74, 6) is 0.698. The summed E-state index contributed by atoms with van der Waals surface area (Å²) in [6.07, 6.45) is 21.6. The maximum absolute atomic E-state index is 11.9. The van der Waals surface area contributed by atoms with Crippen molar-refractivity contribution in [2.45, 2.75) is 96.8 Å². The van der Waals surface area contributed by atoms with Crippen LogP contribution >= 0.6 is 0 Å². The van der Waals surface area contributed by atoms with E-state index in [1.807, 2.05) is 0 Å². The zero-order valence-electron chi connectivity index (χ0n) is 20.2. The number of rotatable bonds is 19. The number of hydrogen-bond donors (Lipinski definition) is 4. The number of unbranched alkanes of at least 4 members (excludes halogenated alkanes) is 13. The van der Waals surface area contributed by atoms with Crippen LogP contribution < -0.4 is 21.9 Å². The zero-order chi connectivity index (χ0) is 23.6. The van der Waals surface area contributed by atoms with Gasteiger partial charge in [0.2, 0.25) is 0 Å². The van der Waals surface area contributed by atoms with Gasteiger partial charge in [-0.1, -0.05) is 90.4 Å². The zero-order valence-corrected chi connectivity index (χ0v) is 20.2. The van der Waals surface area contributed by atoms with Crippen molar-refractivity contribution in [3.8, 4) is 0 Å². The summed E-state index contributed by atoms with van der Waals surface area (Å²) in [5, 5.41) is 3.26. The first-order valence-corrected chi connectivity index (χ1v) is 12.7. The Balaban J connectivity index is 1.48. The van der Waals surface area contributed by atoms with Gasteiger partial charge in [0.05, 0.1) is 6.26 Å². The fourth-order valence-electron chi connectivity index (χ4n) is 3.75. The minimum Gasteiger partial charge on any atom is -0.459 e. The van der Waals surface area contributed by atoms with Gasteiger partial charge < -0.3 is 15.5 Å². The van der Waals surface area contributed by atoms with E-state index in [4.69, 9.17) is 10.2 Å². The molecule has 0 aliphatic heterocycles. The lowest BCUT2D eigenvalue weighted by Crippen LogP contribution is -2.30. The summed E-state index contributed by atoms with van der Waals surface area (Å²) in [6, 6.07) is 3.22. The number of carbonyl (C=O) groups is 1. The van der Waals surface area contributed by atoms with Crippen LogP contribution in [0.15, 0.2) is 29.1 Å². The van der Waals surface area contributed by atoms with Crippen LogP contribution in [-0.2, 0) is 0 Å². The number of nitrogens with two attached hydrogens (primary N) is 1. The molecule has 0 radical (unpaired) electrons. The first kappa shape index (κ1) is 26.5. The van der Waals surface area contributed by atoms with Crippen LogP contribution in [0.25, 0.3) is 0 Å². The van der Waals surface area contributed by atoms with Crippen molar-refractivity contribution in [2.75, 3.05) is 23.0 Å². The van der Waals surface area contributed by atoms with Crippen molar-refractivity contribution in [2.24, 2.45) is 0 Å². The third kappa shape index (κ3) is 11.1. The molecule has 0 aliphatic rings. The molecule has 0 fully saturated rings. The molecule has 1 amide bonds. The first-order chi connectivity index (χ1) is 16.2. The molecule has 5 N–H and O–H groups in total. The lowest BCUT2D eigenvalue weighted by molar-refractivity contribution is 0.0935. The molecule has 8 heteroatoms. The van der Waals surface area contributed by atoms with Gasteiger partial charge in [0, 0.05) is 6.54 Å². The second kappa shape index (κ2) is 16.8. The van der Waals surface area contributed by atoms with Crippen LogP contribution in [0.4, 0.5) is 17.3 Å². The number of furan rings is 1. The fraction of sp³-hybridized carbons (Fsp3) is 0.640. The lowest BCUT2D eigenvalue weighted by Gasteiger charge is -2.12. The minimum atomic E-state index is -0.407. The Morgan fingerprint density at radius 3 is 2.03 bits per heavy atom. The van der Waals surface area contributed by atoms with Gasteiger partial charge in [-0.15, -0.1) is 0 Å². The van der Waals surface area contributed by atoms with Crippen LogP contribution in [0.1, 0.15) is 107 Å². The molecule has 0 aliphatic carbocycles. The molecule has 2 aromatic heterocycles. The Labute approximate surface area is 198 Å². The van der Waals surface area contributed by atoms with E-state index in [9.17, 15) is 4.79 Å². The number of carbonyl (C=O) groups excluding carboxylic acids is 1. The average Bonchev–Trinajstić information content (AvgIpc) is 3.37. The Hall–Kier alpha value is -2.77. The lowest BCUT2D eigenvalue weighted by atomic mass is 10.0. The van der Waals surface area contributed by atoms with E-state index >= 15 is 0 Å². The summed E-state index contributed by atoms with van der Waals surface area (Å²) in [7, 11) is 0. The Bertz CT molecular complexity index is 766. The molecule has 0 aromatic carbocycles. The second-order valence-corrected chi connectivity index (χ2v) is 8.56. The highest BCUT2D eigenvalue weighted by atomic mass is 16.3. The second-order valence-electron chi connectivity index (χ2n) is 8.56. The number of amides is 1. The largest absolute Gasteiger partial charge is 0.459 e. The van der Waals surface area contributed by atoms with E-state index in [-0.39, 0.29) is 5.76 Å². The van der Waals surface area contributed by atoms with E-state index in [1.165, 1.54) is 96.1 Å². The van der Waals surface area contributed by atoms with Crippen LogP contribution in [0.2, 0.25) is 0 Å². The average molecular weight is 459 g/mol. The van der Waals surface area contributed by atoms with Gasteiger partial charge >= 0.3 is 5.91 Å². The molecule has 0 spiro atoms. The highest BCUT2D eigenvalue weighted by Crippen LogP contribution is 2.22. The van der Waals surface area contributed by atoms with Crippen molar-refractivity contribution in [3.05, 3.63) is 30.5 Å². The first-order valence-electron chi connectivity index (χ1n) is 12.7. The van der Waals surface area contributed by atoms with Gasteiger partial charge in [0.15, 0.2) is 17.4 Å². The van der Waals surface area contributed by atoms with Crippen molar-refractivity contribution in [3.63, 3.8) is 0 Å². The number of hydrazine groups is 1. The predicted octanol–water partition coefficient (Wildman–Crippen LogP) is 6.30. The van der Waals surface area contributed by atoms with Crippen molar-refractivity contribution in [1.82, 2.24) is 15.4 Å². The molecule has 0 atom stereocenters. The van der Waals surface area contributed by atoms with Gasteiger partial charge in [0.1, 0.15) is 12.0 Å². The number of hydrogen-bond acceptors (Lipinski definition) is 7. The molecule has 2 rings (SSSR count). The van der Waals surface area contributed by atoms with Crippen molar-refractivity contribution < 1.29 is 9.21 Å². The predicted molar refractivity (Wildman–Crippen MR) is 135 cm³/mol. The van der Waals surface area contributed by atoms with Gasteiger partial charge in [-0.25, -0.2) is 9.97 Å². The van der Waals surface area contributed by atoms with Gasteiger partial charge in [-0.3, -0.25) is 15.6 Å². The molecule has 2 aromatic rings. The summed E-state index contributed by atoms with van der Waals surface area (Å²) in [4.78, 5) is 20.2. The van der Waals surface area contributed by atoms with E-state index in [2.05, 4.69) is 33.1 Å². The minimum absolute atomic E-state index is 0.200. The third-order valence-corrected chi connectivity index (χ3v) is 5.75. The van der Waals surface area contributed by atoms with Crippen LogP contribution in [0, 0.1) is 0 Å². The molecule has 33 heavy (non-hydrogen) atoms. The summed E-state index contributed by atoms with van der Waals surface area (Å²) >= 11 is 0. The molecule has 0 saturated carbocycles.